The molecule has 2 atom stereocenters. The highest BCUT2D eigenvalue weighted by atomic mass is 32.2. The molecule has 0 bridgehead atoms. The molecule has 3 aliphatic heterocycles. The number of aromatic nitrogens is 2. The maximum atomic E-state index is 13.3. The number of hydrogen-bond donors (Lipinski definition) is 3. The minimum Gasteiger partial charge on any atom is -0.457 e. The maximum absolute atomic E-state index is 13.3. The zero-order valence-electron chi connectivity index (χ0n) is 24.0. The van der Waals surface area contributed by atoms with Gasteiger partial charge in [-0.2, -0.15) is 0 Å². The number of aryl methyl sites for hydroxylation is 1. The molecule has 2 aromatic heterocycles. The van der Waals surface area contributed by atoms with Gasteiger partial charge in [-0.1, -0.05) is 5.16 Å². The lowest BCUT2D eigenvalue weighted by atomic mass is 10.1. The molecule has 1 aromatic carbocycles. The van der Waals surface area contributed by atoms with Crippen LogP contribution < -0.4 is 26.0 Å². The number of benzene rings is 1. The molecular formula is C27H24N6O11S2. The normalized spacial score (nSPS) is 18.6. The fourth-order valence-electron chi connectivity index (χ4n) is 5.03. The Kier molecular flexibility index (Phi) is 8.17. The number of thiazole rings is 1. The molecule has 0 saturated carbocycles. The third kappa shape index (κ3) is 5.42. The second-order valence-corrected chi connectivity index (χ2v) is 11.8. The SMILES string of the molecule is CCn1cc(C(=O)OCC2=C(OC(=O)O)N3C(=O)[C@@H](NC(=O)C(=NOC)c4csc(N)n4)[C@H]3SC2)c(=O)c2cc3c(cc21)OCO3. The van der Waals surface area contributed by atoms with Crippen molar-refractivity contribution < 1.29 is 48.1 Å². The van der Waals surface area contributed by atoms with E-state index in [4.69, 9.17) is 29.5 Å². The van der Waals surface area contributed by atoms with Gasteiger partial charge in [-0.25, -0.2) is 14.6 Å². The van der Waals surface area contributed by atoms with Crippen molar-refractivity contribution in [3.8, 4) is 11.5 Å². The van der Waals surface area contributed by atoms with E-state index >= 15 is 0 Å². The van der Waals surface area contributed by atoms with E-state index in [2.05, 4.69) is 15.5 Å². The summed E-state index contributed by atoms with van der Waals surface area (Å²) in [6, 6.07) is 2.09. The lowest BCUT2D eigenvalue weighted by molar-refractivity contribution is -0.148. The van der Waals surface area contributed by atoms with Crippen LogP contribution >= 0.6 is 23.1 Å². The van der Waals surface area contributed by atoms with Gasteiger partial charge in [0.1, 0.15) is 36.4 Å². The van der Waals surface area contributed by atoms with Gasteiger partial charge in [0.05, 0.1) is 10.9 Å². The number of nitrogens with zero attached hydrogens (tertiary/aromatic N) is 4. The summed E-state index contributed by atoms with van der Waals surface area (Å²) in [7, 11) is 1.24. The number of thioether (sulfide) groups is 1. The molecule has 0 aliphatic carbocycles. The Morgan fingerprint density at radius 2 is 2.00 bits per heavy atom. The van der Waals surface area contributed by atoms with Gasteiger partial charge in [-0.05, 0) is 13.0 Å². The number of hydrogen-bond acceptors (Lipinski definition) is 15. The average Bonchev–Trinajstić information content (AvgIpc) is 3.68. The van der Waals surface area contributed by atoms with Crippen LogP contribution in [-0.2, 0) is 30.4 Å². The summed E-state index contributed by atoms with van der Waals surface area (Å²) in [6.07, 6.45) is -0.337. The van der Waals surface area contributed by atoms with E-state index in [1.807, 2.05) is 6.92 Å². The van der Waals surface area contributed by atoms with Gasteiger partial charge in [0.25, 0.3) is 11.8 Å². The van der Waals surface area contributed by atoms with Gasteiger partial charge in [0.2, 0.25) is 18.1 Å². The number of anilines is 1. The van der Waals surface area contributed by atoms with Crippen LogP contribution in [0.5, 0.6) is 11.5 Å². The first-order valence-corrected chi connectivity index (χ1v) is 15.4. The van der Waals surface area contributed by atoms with Crippen LogP contribution in [0.2, 0.25) is 0 Å². The number of nitrogens with two attached hydrogens (primary N) is 1. The number of β-lactam (4-membered cyclic amide) rings is 1. The molecule has 19 heteroatoms. The lowest BCUT2D eigenvalue weighted by Crippen LogP contribution is -2.70. The summed E-state index contributed by atoms with van der Waals surface area (Å²) in [6.45, 7) is 1.78. The van der Waals surface area contributed by atoms with Gasteiger partial charge in [-0.3, -0.25) is 19.3 Å². The molecule has 4 N–H and O–H groups in total. The van der Waals surface area contributed by atoms with Crippen LogP contribution in [0.25, 0.3) is 10.9 Å². The van der Waals surface area contributed by atoms with E-state index in [0.29, 0.717) is 23.6 Å². The van der Waals surface area contributed by atoms with E-state index < -0.39 is 47.4 Å². The van der Waals surface area contributed by atoms with Gasteiger partial charge in [-0.15, -0.1) is 23.1 Å². The zero-order chi connectivity index (χ0) is 32.7. The largest absolute Gasteiger partial charge is 0.512 e. The molecule has 17 nitrogen and oxygen atoms in total. The lowest BCUT2D eigenvalue weighted by Gasteiger charge is -2.49. The summed E-state index contributed by atoms with van der Waals surface area (Å²) >= 11 is 2.25. The number of fused-ring (bicyclic) bond motifs is 3. The number of nitrogen functional groups attached to an aromatic ring is 1. The average molecular weight is 673 g/mol. The number of ether oxygens (including phenoxy) is 4. The Labute approximate surface area is 266 Å². The number of amides is 2. The van der Waals surface area contributed by atoms with E-state index in [9.17, 15) is 29.1 Å². The molecule has 3 aromatic rings. The topological polar surface area (TPSA) is 223 Å². The van der Waals surface area contributed by atoms with Gasteiger partial charge in [0.15, 0.2) is 22.3 Å². The van der Waals surface area contributed by atoms with Crippen molar-refractivity contribution in [3.63, 3.8) is 0 Å². The van der Waals surface area contributed by atoms with E-state index in [0.717, 1.165) is 16.2 Å². The fraction of sp³-hybridized carbons (Fsp3) is 0.296. The Morgan fingerprint density at radius 3 is 2.67 bits per heavy atom. The van der Waals surface area contributed by atoms with E-state index in [-0.39, 0.29) is 51.5 Å². The van der Waals surface area contributed by atoms with Crippen molar-refractivity contribution >= 4 is 68.8 Å². The van der Waals surface area contributed by atoms with Gasteiger partial charge >= 0.3 is 12.1 Å². The number of esters is 1. The number of oxime groups is 1. The third-order valence-corrected chi connectivity index (χ3v) is 9.15. The first kappa shape index (κ1) is 30.7. The summed E-state index contributed by atoms with van der Waals surface area (Å²) in [5.74, 6) is -1.85. The summed E-state index contributed by atoms with van der Waals surface area (Å²) in [5, 5.41) is 16.8. The first-order chi connectivity index (χ1) is 22.1. The smallest absolute Gasteiger partial charge is 0.457 e. The quantitative estimate of drug-likeness (QED) is 0.126. The number of nitrogens with one attached hydrogen (secondary N) is 1. The van der Waals surface area contributed by atoms with Crippen molar-refractivity contribution in [2.24, 2.45) is 5.16 Å². The van der Waals surface area contributed by atoms with Crippen molar-refractivity contribution in [1.29, 1.82) is 0 Å². The number of rotatable bonds is 9. The molecule has 0 radical (unpaired) electrons. The second kappa shape index (κ2) is 12.2. The molecule has 1 fully saturated rings. The number of carbonyl (C=O) groups excluding carboxylic acids is 3. The monoisotopic (exact) mass is 672 g/mol. The Bertz CT molecular complexity index is 1920. The molecule has 2 amide bonds. The van der Waals surface area contributed by atoms with Crippen molar-refractivity contribution in [2.75, 3.05) is 32.0 Å². The minimum absolute atomic E-state index is 0.00743. The summed E-state index contributed by atoms with van der Waals surface area (Å²) in [5.41, 5.74) is 5.44. The Balaban J connectivity index is 1.21. The second-order valence-electron chi connectivity index (χ2n) is 9.79. The van der Waals surface area contributed by atoms with Crippen LogP contribution in [0.1, 0.15) is 23.0 Å². The van der Waals surface area contributed by atoms with Crippen molar-refractivity contribution in [2.45, 2.75) is 24.9 Å². The van der Waals surface area contributed by atoms with Crippen LogP contribution in [0, 0.1) is 0 Å². The highest BCUT2D eigenvalue weighted by Gasteiger charge is 2.54. The van der Waals surface area contributed by atoms with Crippen LogP contribution in [-0.4, -0.2) is 86.9 Å². The molecule has 0 unspecified atom stereocenters. The molecule has 6 rings (SSSR count). The van der Waals surface area contributed by atoms with Crippen molar-refractivity contribution in [3.05, 3.63) is 56.6 Å². The minimum atomic E-state index is -1.71. The first-order valence-electron chi connectivity index (χ1n) is 13.5. The van der Waals surface area contributed by atoms with Gasteiger partial charge in [0, 0.05) is 35.5 Å². The number of carboxylic acid groups (broad SMARTS) is 1. The third-order valence-electron chi connectivity index (χ3n) is 7.14. The molecule has 3 aliphatic rings. The summed E-state index contributed by atoms with van der Waals surface area (Å²) in [4.78, 5) is 74.1. The number of carbonyl (C=O) groups is 4. The van der Waals surface area contributed by atoms with Crippen LogP contribution in [0.4, 0.5) is 9.93 Å². The van der Waals surface area contributed by atoms with E-state index in [1.54, 1.807) is 10.6 Å². The zero-order valence-corrected chi connectivity index (χ0v) is 25.6. The molecular weight excluding hydrogens is 648 g/mol. The Hall–Kier alpha value is -5.30. The van der Waals surface area contributed by atoms with Crippen LogP contribution in [0.3, 0.4) is 0 Å². The fourth-order valence-corrected chi connectivity index (χ4v) is 6.88. The van der Waals surface area contributed by atoms with Crippen LogP contribution in [0.15, 0.2) is 45.1 Å². The van der Waals surface area contributed by atoms with Gasteiger partial charge < -0.3 is 44.5 Å². The molecule has 5 heterocycles. The molecule has 240 valence electrons. The highest BCUT2D eigenvalue weighted by molar-refractivity contribution is 8.00. The molecule has 1 saturated heterocycles. The van der Waals surface area contributed by atoms with E-state index in [1.165, 1.54) is 36.5 Å². The molecule has 46 heavy (non-hydrogen) atoms. The standard InChI is InChI=1S/C27H24N6O11S2/c1-3-32-6-13(20(34)12-4-16-17(5-15(12)32)43-10-42-16)25(37)41-7-11-8-45-24-19(22(36)33(24)23(11)44-27(38)39)30-21(35)18(31-40-2)14-9-46-26(28)29-14/h4-6,9,19,24H,3,7-8,10H2,1-2H3,(H2,28,29)(H,30,35)(H,38,39)/t19-,24-/m1/s1. The predicted molar refractivity (Wildman–Crippen MR) is 162 cm³/mol. The number of pyridine rings is 1. The summed E-state index contributed by atoms with van der Waals surface area (Å²) < 4.78 is 22.9. The Morgan fingerprint density at radius 1 is 1.24 bits per heavy atom. The van der Waals surface area contributed by atoms with Crippen molar-refractivity contribution in [1.82, 2.24) is 19.8 Å². The maximum Gasteiger partial charge on any atom is 0.512 e. The predicted octanol–water partition coefficient (Wildman–Crippen LogP) is 1.30. The highest BCUT2D eigenvalue weighted by Crippen LogP contribution is 2.41. The molecule has 0 spiro atoms.